The Morgan fingerprint density at radius 1 is 1.38 bits per heavy atom. The predicted molar refractivity (Wildman–Crippen MR) is 76.3 cm³/mol. The van der Waals surface area contributed by atoms with Crippen LogP contribution in [-0.4, -0.2) is 22.0 Å². The van der Waals surface area contributed by atoms with Crippen LogP contribution in [0, 0.1) is 16.7 Å². The Bertz CT molecular complexity index is 540. The highest BCUT2D eigenvalue weighted by Gasteiger charge is 2.58. The number of carbonyl (C=O) groups excluding carboxylic acids is 1. The molecule has 0 unspecified atom stereocenters. The van der Waals surface area contributed by atoms with Gasteiger partial charge in [0.25, 0.3) is 0 Å². The Hall–Kier alpha value is -1.91. The van der Waals surface area contributed by atoms with Gasteiger partial charge in [0.1, 0.15) is 6.61 Å². The molecule has 1 fully saturated rings. The number of carboxylic acids is 1. The maximum Gasteiger partial charge on any atom is 0.309 e. The number of aliphatic carboxylic acids is 1. The lowest BCUT2D eigenvalue weighted by Crippen LogP contribution is -2.43. The third kappa shape index (κ3) is 2.64. The number of aromatic nitrogens is 1. The number of ether oxygens (including phenoxy) is 1. The fraction of sp³-hybridized carbons (Fsp3) is 0.562. The van der Waals surface area contributed by atoms with Crippen molar-refractivity contribution in [3.05, 3.63) is 30.1 Å². The van der Waals surface area contributed by atoms with E-state index in [1.54, 1.807) is 25.3 Å². The molecule has 21 heavy (non-hydrogen) atoms. The molecule has 5 nitrogen and oxygen atoms in total. The predicted octanol–water partition coefficient (Wildman–Crippen LogP) is 2.65. The largest absolute Gasteiger partial charge is 0.481 e. The first-order valence-electron chi connectivity index (χ1n) is 7.09. The summed E-state index contributed by atoms with van der Waals surface area (Å²) in [6.45, 7) is 5.50. The van der Waals surface area contributed by atoms with Gasteiger partial charge in [-0.05, 0) is 37.3 Å². The second kappa shape index (κ2) is 5.47. The monoisotopic (exact) mass is 291 g/mol. The van der Waals surface area contributed by atoms with Gasteiger partial charge in [-0.1, -0.05) is 19.9 Å². The highest BCUT2D eigenvalue weighted by molar-refractivity contribution is 5.80. The molecule has 2 rings (SSSR count). The van der Waals surface area contributed by atoms with E-state index in [9.17, 15) is 14.7 Å². The number of hydrogen-bond donors (Lipinski definition) is 1. The van der Waals surface area contributed by atoms with Crippen molar-refractivity contribution >= 4 is 11.9 Å². The summed E-state index contributed by atoms with van der Waals surface area (Å²) in [4.78, 5) is 27.9. The minimum atomic E-state index is -0.901. The van der Waals surface area contributed by atoms with E-state index in [1.807, 2.05) is 19.9 Å². The van der Waals surface area contributed by atoms with Crippen LogP contribution in [0.1, 0.15) is 39.3 Å². The van der Waals surface area contributed by atoms with E-state index in [-0.39, 0.29) is 12.6 Å². The van der Waals surface area contributed by atoms with Gasteiger partial charge in [-0.3, -0.25) is 14.6 Å². The molecule has 1 N–H and O–H groups in total. The first-order valence-corrected chi connectivity index (χ1v) is 7.09. The first kappa shape index (κ1) is 15.5. The molecule has 0 aliphatic heterocycles. The maximum atomic E-state index is 12.3. The van der Waals surface area contributed by atoms with Gasteiger partial charge in [0, 0.05) is 6.20 Å². The van der Waals surface area contributed by atoms with Crippen molar-refractivity contribution in [2.24, 2.45) is 16.7 Å². The summed E-state index contributed by atoms with van der Waals surface area (Å²) < 4.78 is 5.33. The number of rotatable bonds is 4. The Balaban J connectivity index is 2.05. The molecule has 0 radical (unpaired) electrons. The lowest BCUT2D eigenvalue weighted by molar-refractivity contribution is -0.161. The molecule has 1 heterocycles. The van der Waals surface area contributed by atoms with E-state index in [1.165, 1.54) is 0 Å². The lowest BCUT2D eigenvalue weighted by atomic mass is 9.66. The van der Waals surface area contributed by atoms with Gasteiger partial charge in [0.2, 0.25) is 0 Å². The second-order valence-corrected chi connectivity index (χ2v) is 6.38. The second-order valence-electron chi connectivity index (χ2n) is 6.38. The third-order valence-electron chi connectivity index (χ3n) is 5.07. The van der Waals surface area contributed by atoms with Crippen molar-refractivity contribution in [1.29, 1.82) is 0 Å². The van der Waals surface area contributed by atoms with Crippen LogP contribution in [0.5, 0.6) is 0 Å². The SMILES string of the molecule is CC1(C)[C@@H](C(=O)OCc2ccccn2)CC[C@@]1(C)C(=O)O. The Morgan fingerprint density at radius 3 is 2.62 bits per heavy atom. The van der Waals surface area contributed by atoms with E-state index >= 15 is 0 Å². The maximum absolute atomic E-state index is 12.3. The molecule has 0 aromatic carbocycles. The number of carboxylic acid groups (broad SMARTS) is 1. The molecule has 0 saturated heterocycles. The highest BCUT2D eigenvalue weighted by atomic mass is 16.5. The summed E-state index contributed by atoms with van der Waals surface area (Å²) in [5.74, 6) is -1.59. The number of carbonyl (C=O) groups is 2. The fourth-order valence-corrected chi connectivity index (χ4v) is 3.02. The average molecular weight is 291 g/mol. The molecule has 1 aromatic heterocycles. The van der Waals surface area contributed by atoms with Crippen molar-refractivity contribution in [1.82, 2.24) is 4.98 Å². The first-order chi connectivity index (χ1) is 9.79. The molecule has 1 aromatic rings. The summed E-state index contributed by atoms with van der Waals surface area (Å²) in [5, 5.41) is 9.45. The van der Waals surface area contributed by atoms with Crippen LogP contribution >= 0.6 is 0 Å². The molecule has 0 bridgehead atoms. The molecule has 0 amide bonds. The molecule has 1 aliphatic carbocycles. The number of hydrogen-bond acceptors (Lipinski definition) is 4. The molecular weight excluding hydrogens is 270 g/mol. The third-order valence-corrected chi connectivity index (χ3v) is 5.07. The van der Waals surface area contributed by atoms with E-state index in [2.05, 4.69) is 4.98 Å². The van der Waals surface area contributed by atoms with Gasteiger partial charge in [0.05, 0.1) is 17.0 Å². The van der Waals surface area contributed by atoms with Crippen molar-refractivity contribution in [3.63, 3.8) is 0 Å². The van der Waals surface area contributed by atoms with Crippen LogP contribution in [0.25, 0.3) is 0 Å². The average Bonchev–Trinajstić information content (AvgIpc) is 2.69. The quantitative estimate of drug-likeness (QED) is 0.863. The zero-order chi connectivity index (χ0) is 15.7. The molecule has 1 aliphatic rings. The smallest absolute Gasteiger partial charge is 0.309 e. The molecular formula is C16H21NO4. The molecule has 114 valence electrons. The van der Waals surface area contributed by atoms with Gasteiger partial charge in [0.15, 0.2) is 0 Å². The van der Waals surface area contributed by atoms with Gasteiger partial charge in [-0.15, -0.1) is 0 Å². The zero-order valence-corrected chi connectivity index (χ0v) is 12.6. The Labute approximate surface area is 124 Å². The van der Waals surface area contributed by atoms with Crippen LogP contribution in [0.15, 0.2) is 24.4 Å². The van der Waals surface area contributed by atoms with Crippen LogP contribution in [0.2, 0.25) is 0 Å². The van der Waals surface area contributed by atoms with E-state index < -0.39 is 22.7 Å². The molecule has 0 spiro atoms. The topological polar surface area (TPSA) is 76.5 Å². The van der Waals surface area contributed by atoms with Gasteiger partial charge in [-0.25, -0.2) is 0 Å². The summed E-state index contributed by atoms with van der Waals surface area (Å²) in [5.41, 5.74) is -0.857. The standard InChI is InChI=1S/C16H21NO4/c1-15(2)12(7-8-16(15,3)14(19)20)13(18)21-10-11-6-4-5-9-17-11/h4-6,9,12H,7-8,10H2,1-3H3,(H,19,20)/t12-,16+/m1/s1. The minimum absolute atomic E-state index is 0.121. The van der Waals surface area contributed by atoms with Crippen molar-refractivity contribution in [2.75, 3.05) is 0 Å². The summed E-state index contributed by atoms with van der Waals surface area (Å²) in [7, 11) is 0. The highest BCUT2D eigenvalue weighted by Crippen LogP contribution is 2.56. The van der Waals surface area contributed by atoms with Crippen molar-refractivity contribution < 1.29 is 19.4 Å². The molecule has 2 atom stereocenters. The lowest BCUT2D eigenvalue weighted by Gasteiger charge is -2.37. The van der Waals surface area contributed by atoms with Gasteiger partial charge < -0.3 is 9.84 Å². The number of esters is 1. The van der Waals surface area contributed by atoms with Gasteiger partial charge in [-0.2, -0.15) is 0 Å². The summed E-state index contributed by atoms with van der Waals surface area (Å²) >= 11 is 0. The number of nitrogens with zero attached hydrogens (tertiary/aromatic N) is 1. The zero-order valence-electron chi connectivity index (χ0n) is 12.6. The summed E-state index contributed by atoms with van der Waals surface area (Å²) in [6, 6.07) is 5.41. The van der Waals surface area contributed by atoms with Crippen LogP contribution in [0.4, 0.5) is 0 Å². The van der Waals surface area contributed by atoms with E-state index in [0.29, 0.717) is 18.5 Å². The van der Waals surface area contributed by atoms with Crippen LogP contribution < -0.4 is 0 Å². The normalized spacial score (nSPS) is 27.3. The molecule has 1 saturated carbocycles. The Morgan fingerprint density at radius 2 is 2.10 bits per heavy atom. The van der Waals surface area contributed by atoms with E-state index in [4.69, 9.17) is 4.74 Å². The van der Waals surface area contributed by atoms with Crippen molar-refractivity contribution in [3.8, 4) is 0 Å². The fourth-order valence-electron chi connectivity index (χ4n) is 3.02. The minimum Gasteiger partial charge on any atom is -0.481 e. The van der Waals surface area contributed by atoms with Crippen LogP contribution in [0.3, 0.4) is 0 Å². The van der Waals surface area contributed by atoms with E-state index in [0.717, 1.165) is 0 Å². The summed E-state index contributed by atoms with van der Waals surface area (Å²) in [6.07, 6.45) is 2.67. The molecule has 5 heteroatoms. The van der Waals surface area contributed by atoms with Crippen molar-refractivity contribution in [2.45, 2.75) is 40.2 Å². The number of pyridine rings is 1. The van der Waals surface area contributed by atoms with Gasteiger partial charge >= 0.3 is 11.9 Å². The van der Waals surface area contributed by atoms with Crippen LogP contribution in [-0.2, 0) is 20.9 Å². The Kier molecular flexibility index (Phi) is 4.03.